The van der Waals surface area contributed by atoms with Crippen molar-refractivity contribution in [1.82, 2.24) is 8.80 Å². The van der Waals surface area contributed by atoms with E-state index in [1.807, 2.05) is 12.1 Å². The topological polar surface area (TPSA) is 41.6 Å². The zero-order valence-corrected chi connectivity index (χ0v) is 38.5. The molecule has 0 radical (unpaired) electrons. The lowest BCUT2D eigenvalue weighted by atomic mass is 10.0. The summed E-state index contributed by atoms with van der Waals surface area (Å²) >= 11 is 0. The van der Waals surface area contributed by atoms with Crippen LogP contribution in [-0.4, -0.2) is 8.80 Å². The number of fused-ring (bicyclic) bond motifs is 18. The van der Waals surface area contributed by atoms with Gasteiger partial charge in [0.15, 0.2) is 11.2 Å². The van der Waals surface area contributed by atoms with E-state index in [9.17, 15) is 0 Å². The van der Waals surface area contributed by atoms with Crippen LogP contribution in [0.1, 0.15) is 0 Å². The summed E-state index contributed by atoms with van der Waals surface area (Å²) in [5, 5.41) is 14.1. The molecular formula is C66H38N4O2. The maximum absolute atomic E-state index is 6.76. The van der Waals surface area contributed by atoms with Crippen LogP contribution in [0, 0.1) is 0 Å². The Morgan fingerprint density at radius 3 is 1.11 bits per heavy atom. The summed E-state index contributed by atoms with van der Waals surface area (Å²) in [4.78, 5) is 4.79. The van der Waals surface area contributed by atoms with E-state index in [4.69, 9.17) is 8.83 Å². The van der Waals surface area contributed by atoms with E-state index in [-0.39, 0.29) is 0 Å². The van der Waals surface area contributed by atoms with Crippen LogP contribution in [0.15, 0.2) is 239 Å². The molecule has 6 heterocycles. The molecule has 17 aromatic rings. The van der Waals surface area contributed by atoms with E-state index in [1.54, 1.807) is 0 Å². The molecule has 6 aromatic heterocycles. The second kappa shape index (κ2) is 13.9. The average molecular weight is 919 g/mol. The van der Waals surface area contributed by atoms with Gasteiger partial charge in [0.1, 0.15) is 11.2 Å². The minimum Gasteiger partial charge on any atom is -0.454 e. The number of hydrogen-bond acceptors (Lipinski definition) is 4. The van der Waals surface area contributed by atoms with Gasteiger partial charge in [-0.15, -0.1) is 0 Å². The Balaban J connectivity index is 0.950. The summed E-state index contributed by atoms with van der Waals surface area (Å²) in [7, 11) is 0. The van der Waals surface area contributed by atoms with E-state index in [0.717, 1.165) is 78.0 Å². The van der Waals surface area contributed by atoms with Crippen LogP contribution in [0.2, 0.25) is 0 Å². The summed E-state index contributed by atoms with van der Waals surface area (Å²) in [5.41, 5.74) is 17.0. The first kappa shape index (κ1) is 38.1. The summed E-state index contributed by atoms with van der Waals surface area (Å²) in [6.07, 6.45) is 0. The summed E-state index contributed by atoms with van der Waals surface area (Å²) < 4.78 is 18.6. The van der Waals surface area contributed by atoms with Crippen molar-refractivity contribution in [3.63, 3.8) is 0 Å². The zero-order chi connectivity index (χ0) is 46.8. The molecule has 6 heteroatoms. The number of furan rings is 2. The Kier molecular flexibility index (Phi) is 7.38. The van der Waals surface area contributed by atoms with E-state index >= 15 is 0 Å². The van der Waals surface area contributed by atoms with Crippen molar-refractivity contribution in [2.24, 2.45) is 0 Å². The first-order valence-electron chi connectivity index (χ1n) is 24.6. The fourth-order valence-corrected chi connectivity index (χ4v) is 12.6. The standard InChI is InChI=1S/C66H38N4O2/c1-3-17-39(18-4-1)67(55-29-15-25-45-41-21-9-13-31-59(41)71-65(45)55)53-35-33-43-49-37-58-50(38-57(49)69-51-27-11-7-23-47(51)61(53)63(43)69)44-34-36-54(62-48-24-8-12-28-52(48)70(58)64(44)62)68(40-19-5-2-6-20-40)56-30-16-26-46-42-22-10-14-32-60(42)72-66(46)56/h1-38H. The van der Waals surface area contributed by atoms with Gasteiger partial charge in [-0.05, 0) is 84.9 Å². The molecule has 334 valence electrons. The molecule has 0 saturated carbocycles. The van der Waals surface area contributed by atoms with Gasteiger partial charge in [0.05, 0.1) is 55.8 Å². The molecule has 0 unspecified atom stereocenters. The van der Waals surface area contributed by atoms with Gasteiger partial charge in [-0.2, -0.15) is 0 Å². The molecule has 0 atom stereocenters. The number of rotatable bonds is 6. The van der Waals surface area contributed by atoms with Crippen LogP contribution >= 0.6 is 0 Å². The molecule has 0 amide bonds. The van der Waals surface area contributed by atoms with Crippen LogP contribution in [0.25, 0.3) is 120 Å². The summed E-state index contributed by atoms with van der Waals surface area (Å²) in [6.45, 7) is 0. The largest absolute Gasteiger partial charge is 0.454 e. The van der Waals surface area contributed by atoms with Gasteiger partial charge in [0, 0.05) is 76.0 Å². The van der Waals surface area contributed by atoms with Crippen molar-refractivity contribution >= 4 is 154 Å². The Bertz CT molecular complexity index is 4740. The predicted molar refractivity (Wildman–Crippen MR) is 300 cm³/mol. The number of aromatic nitrogens is 2. The van der Waals surface area contributed by atoms with Gasteiger partial charge in [0.25, 0.3) is 0 Å². The highest BCUT2D eigenvalue weighted by molar-refractivity contribution is 6.32. The maximum Gasteiger partial charge on any atom is 0.159 e. The highest BCUT2D eigenvalue weighted by Crippen LogP contribution is 2.53. The Morgan fingerprint density at radius 2 is 0.653 bits per heavy atom. The van der Waals surface area contributed by atoms with Gasteiger partial charge >= 0.3 is 0 Å². The first-order chi connectivity index (χ1) is 35.8. The molecule has 0 aliphatic carbocycles. The van der Waals surface area contributed by atoms with Crippen molar-refractivity contribution in [3.05, 3.63) is 231 Å². The van der Waals surface area contributed by atoms with Crippen molar-refractivity contribution in [1.29, 1.82) is 0 Å². The van der Waals surface area contributed by atoms with Crippen molar-refractivity contribution < 1.29 is 8.83 Å². The molecule has 0 spiro atoms. The summed E-state index contributed by atoms with van der Waals surface area (Å²) in [5.74, 6) is 0. The van der Waals surface area contributed by atoms with Gasteiger partial charge in [-0.1, -0.05) is 146 Å². The van der Waals surface area contributed by atoms with Crippen molar-refractivity contribution in [2.45, 2.75) is 0 Å². The highest BCUT2D eigenvalue weighted by atomic mass is 16.3. The molecule has 0 fully saturated rings. The number of benzene rings is 11. The number of nitrogens with zero attached hydrogens (tertiary/aromatic N) is 4. The predicted octanol–water partition coefficient (Wildman–Crippen LogP) is 18.7. The fourth-order valence-electron chi connectivity index (χ4n) is 12.6. The third kappa shape index (κ3) is 4.87. The zero-order valence-electron chi connectivity index (χ0n) is 38.5. The van der Waals surface area contributed by atoms with E-state index < -0.39 is 0 Å². The average Bonchev–Trinajstić information content (AvgIpc) is 4.29. The summed E-state index contributed by atoms with van der Waals surface area (Å²) in [6, 6.07) is 83.2. The Labute approximate surface area is 410 Å². The number of hydrogen-bond donors (Lipinski definition) is 0. The molecule has 72 heavy (non-hydrogen) atoms. The van der Waals surface area contributed by atoms with Gasteiger partial charge < -0.3 is 27.4 Å². The Hall–Kier alpha value is -9.78. The van der Waals surface area contributed by atoms with Crippen LogP contribution in [-0.2, 0) is 0 Å². The molecule has 0 saturated heterocycles. The van der Waals surface area contributed by atoms with Gasteiger partial charge in [-0.3, -0.25) is 0 Å². The van der Waals surface area contributed by atoms with Crippen LogP contribution in [0.4, 0.5) is 34.1 Å². The molecule has 0 aliphatic heterocycles. The highest BCUT2D eigenvalue weighted by Gasteiger charge is 2.29. The number of para-hydroxylation sites is 8. The first-order valence-corrected chi connectivity index (χ1v) is 24.6. The quantitative estimate of drug-likeness (QED) is 0.167. The minimum absolute atomic E-state index is 0.864. The normalized spacial score (nSPS) is 12.4. The molecule has 0 aliphatic rings. The number of anilines is 6. The minimum atomic E-state index is 0.864. The van der Waals surface area contributed by atoms with Crippen molar-refractivity contribution in [3.8, 4) is 0 Å². The third-order valence-corrected chi connectivity index (χ3v) is 15.5. The lowest BCUT2D eigenvalue weighted by molar-refractivity contribution is 0.669. The van der Waals surface area contributed by atoms with Crippen molar-refractivity contribution in [2.75, 3.05) is 9.80 Å². The molecule has 11 aromatic carbocycles. The second-order valence-corrected chi connectivity index (χ2v) is 19.1. The van der Waals surface area contributed by atoms with Gasteiger partial charge in [0.2, 0.25) is 0 Å². The second-order valence-electron chi connectivity index (χ2n) is 19.1. The van der Waals surface area contributed by atoms with E-state index in [1.165, 1.54) is 76.2 Å². The molecule has 17 rings (SSSR count). The van der Waals surface area contributed by atoms with Crippen LogP contribution in [0.5, 0.6) is 0 Å². The van der Waals surface area contributed by atoms with Crippen LogP contribution in [0.3, 0.4) is 0 Å². The maximum atomic E-state index is 6.76. The lowest BCUT2D eigenvalue weighted by Crippen LogP contribution is -2.10. The molecule has 6 nitrogen and oxygen atoms in total. The molecular weight excluding hydrogens is 881 g/mol. The molecule has 0 N–H and O–H groups in total. The smallest absolute Gasteiger partial charge is 0.159 e. The Morgan fingerprint density at radius 1 is 0.264 bits per heavy atom. The van der Waals surface area contributed by atoms with E-state index in [2.05, 4.69) is 237 Å². The SMILES string of the molecule is c1ccc(N(c2cccc3c2oc2ccccc23)c2ccc3c4cc5c(cc4n4c6ccccc6c2c34)c2ccc(N(c3ccccc3)c3cccc4c3oc3ccccc34)c3c4ccccc4n5c23)cc1. The van der Waals surface area contributed by atoms with Gasteiger partial charge in [-0.25, -0.2) is 0 Å². The fraction of sp³-hybridized carbons (Fsp3) is 0. The van der Waals surface area contributed by atoms with E-state index in [0.29, 0.717) is 0 Å². The molecule has 0 bridgehead atoms. The lowest BCUT2D eigenvalue weighted by Gasteiger charge is -2.26. The third-order valence-electron chi connectivity index (χ3n) is 15.5. The van der Waals surface area contributed by atoms with Crippen LogP contribution < -0.4 is 9.80 Å². The monoisotopic (exact) mass is 918 g/mol.